The molecule has 0 amide bonds. The van der Waals surface area contributed by atoms with Crippen molar-refractivity contribution in [2.24, 2.45) is 0 Å². The molecule has 1 heterocycles. The monoisotopic (exact) mass is 227 g/mol. The maximum Gasteiger partial charge on any atom is 0.196 e. The van der Waals surface area contributed by atoms with Gasteiger partial charge in [-0.15, -0.1) is 0 Å². The van der Waals surface area contributed by atoms with Crippen LogP contribution in [0.4, 0.5) is 5.88 Å². The van der Waals surface area contributed by atoms with Crippen LogP contribution in [-0.2, 0) is 0 Å². The molecule has 1 aromatic heterocycles. The zero-order chi connectivity index (χ0) is 11.4. The number of rotatable bonds is 5. The van der Waals surface area contributed by atoms with Crippen molar-refractivity contribution in [3.05, 3.63) is 17.9 Å². The largest absolute Gasteiger partial charge is 0.437 e. The molecule has 0 aliphatic rings. The lowest BCUT2D eigenvalue weighted by molar-refractivity contribution is 0.0987. The van der Waals surface area contributed by atoms with Gasteiger partial charge in [0.2, 0.25) is 0 Å². The molecule has 0 aromatic carbocycles. The van der Waals surface area contributed by atoms with Gasteiger partial charge in [0.15, 0.2) is 17.4 Å². The number of hydrogen-bond donors (Lipinski definition) is 0. The summed E-state index contributed by atoms with van der Waals surface area (Å²) in [5, 5.41) is 0. The molecule has 4 heteroatoms. The average molecular weight is 227 g/mol. The minimum absolute atomic E-state index is 0.0350. The Morgan fingerprint density at radius 3 is 2.73 bits per heavy atom. The van der Waals surface area contributed by atoms with Crippen molar-refractivity contribution in [2.75, 3.05) is 24.0 Å². The van der Waals surface area contributed by atoms with Crippen LogP contribution in [0.3, 0.4) is 0 Å². The van der Waals surface area contributed by atoms with Gasteiger partial charge in [-0.3, -0.25) is 4.79 Å². The summed E-state index contributed by atoms with van der Waals surface area (Å²) >= 11 is 1.80. The lowest BCUT2D eigenvalue weighted by Crippen LogP contribution is -2.30. The first-order chi connectivity index (χ1) is 7.06. The maximum atomic E-state index is 11.1. The van der Waals surface area contributed by atoms with Crippen LogP contribution in [0, 0.1) is 0 Å². The van der Waals surface area contributed by atoms with Gasteiger partial charge in [-0.25, -0.2) is 0 Å². The van der Waals surface area contributed by atoms with Crippen molar-refractivity contribution in [1.29, 1.82) is 0 Å². The number of Topliss-reactive ketones (excluding diaryl/α,β-unsaturated/α-hetero) is 1. The van der Waals surface area contributed by atoms with E-state index in [1.54, 1.807) is 17.8 Å². The van der Waals surface area contributed by atoms with E-state index in [-0.39, 0.29) is 5.78 Å². The topological polar surface area (TPSA) is 33.5 Å². The first kappa shape index (κ1) is 12.2. The van der Waals surface area contributed by atoms with Crippen LogP contribution in [0.5, 0.6) is 0 Å². The van der Waals surface area contributed by atoms with Crippen molar-refractivity contribution < 1.29 is 9.21 Å². The van der Waals surface area contributed by atoms with Crippen LogP contribution in [0.1, 0.15) is 24.4 Å². The number of thioether (sulfide) groups is 1. The molecule has 84 valence electrons. The maximum absolute atomic E-state index is 11.1. The fourth-order valence-corrected chi connectivity index (χ4v) is 1.98. The summed E-state index contributed by atoms with van der Waals surface area (Å²) in [6.07, 6.45) is 2.08. The summed E-state index contributed by atoms with van der Waals surface area (Å²) in [6.45, 7) is 3.64. The van der Waals surface area contributed by atoms with E-state index in [2.05, 4.69) is 13.2 Å². The van der Waals surface area contributed by atoms with E-state index in [1.807, 2.05) is 18.0 Å². The minimum atomic E-state index is -0.0350. The van der Waals surface area contributed by atoms with Crippen LogP contribution in [-0.4, -0.2) is 30.9 Å². The third kappa shape index (κ3) is 3.02. The van der Waals surface area contributed by atoms with Crippen LogP contribution in [0.25, 0.3) is 0 Å². The molecule has 15 heavy (non-hydrogen) atoms. The zero-order valence-electron chi connectivity index (χ0n) is 9.61. The van der Waals surface area contributed by atoms with Gasteiger partial charge in [-0.2, -0.15) is 11.8 Å². The molecule has 1 unspecified atom stereocenters. The molecule has 0 saturated heterocycles. The van der Waals surface area contributed by atoms with Gasteiger partial charge in [-0.1, -0.05) is 0 Å². The number of furan rings is 1. The lowest BCUT2D eigenvalue weighted by atomic mass is 10.3. The Bertz CT molecular complexity index is 335. The van der Waals surface area contributed by atoms with Crippen LogP contribution in [0.2, 0.25) is 0 Å². The number of carbonyl (C=O) groups excluding carboxylic acids is 1. The van der Waals surface area contributed by atoms with Crippen LogP contribution >= 0.6 is 11.8 Å². The molecule has 0 radical (unpaired) electrons. The molecule has 1 atom stereocenters. The highest BCUT2D eigenvalue weighted by atomic mass is 32.2. The number of hydrogen-bond acceptors (Lipinski definition) is 4. The molecular formula is C11H17NO2S. The fraction of sp³-hybridized carbons (Fsp3) is 0.545. The second-order valence-corrected chi connectivity index (χ2v) is 4.52. The summed E-state index contributed by atoms with van der Waals surface area (Å²) in [7, 11) is 1.98. The highest BCUT2D eigenvalue weighted by molar-refractivity contribution is 7.98. The molecule has 1 rings (SSSR count). The molecule has 0 aliphatic carbocycles. The average Bonchev–Trinajstić information content (AvgIpc) is 2.65. The first-order valence-electron chi connectivity index (χ1n) is 4.88. The second kappa shape index (κ2) is 5.26. The SMILES string of the molecule is CSCC(C)N(C)c1ccc(C(C)=O)o1. The minimum Gasteiger partial charge on any atom is -0.437 e. The smallest absolute Gasteiger partial charge is 0.196 e. The fourth-order valence-electron chi connectivity index (χ4n) is 1.28. The Hall–Kier alpha value is -0.900. The van der Waals surface area contributed by atoms with Crippen LogP contribution < -0.4 is 4.90 Å². The number of anilines is 1. The lowest BCUT2D eigenvalue weighted by Gasteiger charge is -2.23. The van der Waals surface area contributed by atoms with Gasteiger partial charge < -0.3 is 9.32 Å². The van der Waals surface area contributed by atoms with E-state index in [4.69, 9.17) is 4.42 Å². The normalized spacial score (nSPS) is 12.5. The van der Waals surface area contributed by atoms with Gasteiger partial charge in [0, 0.05) is 31.8 Å². The van der Waals surface area contributed by atoms with E-state index in [9.17, 15) is 4.79 Å². The van der Waals surface area contributed by atoms with E-state index in [0.717, 1.165) is 11.6 Å². The van der Waals surface area contributed by atoms with Gasteiger partial charge >= 0.3 is 0 Å². The Kier molecular flexibility index (Phi) is 4.27. The molecule has 0 spiro atoms. The number of nitrogens with zero attached hydrogens (tertiary/aromatic N) is 1. The molecule has 0 bridgehead atoms. The summed E-state index contributed by atoms with van der Waals surface area (Å²) in [5.41, 5.74) is 0. The van der Waals surface area contributed by atoms with Crippen molar-refractivity contribution in [3.63, 3.8) is 0 Å². The molecule has 0 aliphatic heterocycles. The summed E-state index contributed by atoms with van der Waals surface area (Å²) < 4.78 is 5.44. The van der Waals surface area contributed by atoms with E-state index in [0.29, 0.717) is 11.8 Å². The summed E-state index contributed by atoms with van der Waals surface area (Å²) in [5.74, 6) is 2.18. The summed E-state index contributed by atoms with van der Waals surface area (Å²) in [4.78, 5) is 13.1. The molecule has 0 fully saturated rings. The predicted molar refractivity (Wildman–Crippen MR) is 65.0 cm³/mol. The van der Waals surface area contributed by atoms with E-state index >= 15 is 0 Å². The highest BCUT2D eigenvalue weighted by Crippen LogP contribution is 2.20. The van der Waals surface area contributed by atoms with Crippen LogP contribution in [0.15, 0.2) is 16.5 Å². The standard InChI is InChI=1S/C11H17NO2S/c1-8(7-15-4)12(3)11-6-5-10(14-11)9(2)13/h5-6,8H,7H2,1-4H3. The molecule has 0 saturated carbocycles. The second-order valence-electron chi connectivity index (χ2n) is 3.61. The van der Waals surface area contributed by atoms with Crippen molar-refractivity contribution in [3.8, 4) is 0 Å². The molecule has 1 aromatic rings. The van der Waals surface area contributed by atoms with Gasteiger partial charge in [0.05, 0.1) is 0 Å². The number of ketones is 1. The van der Waals surface area contributed by atoms with Crippen molar-refractivity contribution >= 4 is 23.4 Å². The quantitative estimate of drug-likeness (QED) is 0.724. The third-order valence-corrected chi connectivity index (χ3v) is 3.17. The van der Waals surface area contributed by atoms with E-state index < -0.39 is 0 Å². The Morgan fingerprint density at radius 2 is 2.27 bits per heavy atom. The first-order valence-corrected chi connectivity index (χ1v) is 6.28. The van der Waals surface area contributed by atoms with E-state index in [1.165, 1.54) is 6.92 Å². The molecule has 3 nitrogen and oxygen atoms in total. The Labute approximate surface area is 94.8 Å². The highest BCUT2D eigenvalue weighted by Gasteiger charge is 2.14. The predicted octanol–water partition coefficient (Wildman–Crippen LogP) is 2.67. The Morgan fingerprint density at radius 1 is 1.60 bits per heavy atom. The zero-order valence-corrected chi connectivity index (χ0v) is 10.4. The molecular weight excluding hydrogens is 210 g/mol. The Balaban J connectivity index is 2.73. The third-order valence-electron chi connectivity index (χ3n) is 2.36. The summed E-state index contributed by atoms with van der Waals surface area (Å²) in [6, 6.07) is 3.96. The van der Waals surface area contributed by atoms with Gasteiger partial charge in [0.1, 0.15) is 0 Å². The van der Waals surface area contributed by atoms with Crippen molar-refractivity contribution in [1.82, 2.24) is 0 Å². The number of carbonyl (C=O) groups is 1. The van der Waals surface area contributed by atoms with Gasteiger partial charge in [0.25, 0.3) is 0 Å². The van der Waals surface area contributed by atoms with Gasteiger partial charge in [-0.05, 0) is 19.2 Å². The molecule has 0 N–H and O–H groups in total. The van der Waals surface area contributed by atoms with Crippen molar-refractivity contribution in [2.45, 2.75) is 19.9 Å².